The highest BCUT2D eigenvalue weighted by Crippen LogP contribution is 2.30. The quantitative estimate of drug-likeness (QED) is 0.846. The zero-order valence-corrected chi connectivity index (χ0v) is 11.9. The lowest BCUT2D eigenvalue weighted by Gasteiger charge is -2.12. The first-order valence-electron chi connectivity index (χ1n) is 6.55. The van der Waals surface area contributed by atoms with Crippen LogP contribution in [0, 0.1) is 5.82 Å². The number of benzene rings is 2. The average Bonchev–Trinajstić information content (AvgIpc) is 2.41. The number of nitrogens with two attached hydrogens (primary N) is 2. The van der Waals surface area contributed by atoms with Crippen molar-refractivity contribution in [2.45, 2.75) is 19.8 Å². The Morgan fingerprint density at radius 1 is 1.24 bits per heavy atom. The molecule has 5 heteroatoms. The Morgan fingerprint density at radius 3 is 2.57 bits per heavy atom. The van der Waals surface area contributed by atoms with Crippen LogP contribution in [0.5, 0.6) is 11.5 Å². The van der Waals surface area contributed by atoms with Crippen molar-refractivity contribution in [3.8, 4) is 11.5 Å². The fraction of sp³-hybridized carbons (Fsp3) is 0.188. The van der Waals surface area contributed by atoms with Gasteiger partial charge < -0.3 is 16.2 Å². The molecule has 21 heavy (non-hydrogen) atoms. The molecule has 0 radical (unpaired) electrons. The number of halogens is 1. The van der Waals surface area contributed by atoms with Gasteiger partial charge >= 0.3 is 0 Å². The Labute approximate surface area is 122 Å². The zero-order chi connectivity index (χ0) is 15.6. The summed E-state index contributed by atoms with van der Waals surface area (Å²) in [5.41, 5.74) is 11.8. The monoisotopic (exact) mass is 288 g/mol. The lowest BCUT2D eigenvalue weighted by molar-refractivity contribution is 0.100. The molecule has 0 unspecified atom stereocenters. The van der Waals surface area contributed by atoms with E-state index in [1.54, 1.807) is 6.07 Å². The fourth-order valence-electron chi connectivity index (χ4n) is 1.92. The van der Waals surface area contributed by atoms with E-state index in [1.807, 2.05) is 32.0 Å². The average molecular weight is 288 g/mol. The van der Waals surface area contributed by atoms with E-state index in [-0.39, 0.29) is 17.0 Å². The lowest BCUT2D eigenvalue weighted by atomic mass is 10.0. The third-order valence-corrected chi connectivity index (χ3v) is 3.12. The molecule has 4 N–H and O–H groups in total. The Morgan fingerprint density at radius 2 is 1.95 bits per heavy atom. The van der Waals surface area contributed by atoms with Crippen LogP contribution < -0.4 is 16.2 Å². The van der Waals surface area contributed by atoms with E-state index >= 15 is 0 Å². The number of hydrogen-bond acceptors (Lipinski definition) is 3. The summed E-state index contributed by atoms with van der Waals surface area (Å²) in [7, 11) is 0. The highest BCUT2D eigenvalue weighted by Gasteiger charge is 2.14. The Hall–Kier alpha value is -2.56. The Kier molecular flexibility index (Phi) is 4.12. The van der Waals surface area contributed by atoms with E-state index in [4.69, 9.17) is 16.2 Å². The summed E-state index contributed by atoms with van der Waals surface area (Å²) >= 11 is 0. The number of hydrogen-bond donors (Lipinski definition) is 2. The van der Waals surface area contributed by atoms with Crippen molar-refractivity contribution in [1.29, 1.82) is 0 Å². The molecule has 2 aromatic rings. The number of amides is 1. The topological polar surface area (TPSA) is 78.3 Å². The van der Waals surface area contributed by atoms with Gasteiger partial charge in [0, 0.05) is 11.8 Å². The number of carbonyl (C=O) groups is 1. The smallest absolute Gasteiger partial charge is 0.250 e. The molecule has 0 atom stereocenters. The summed E-state index contributed by atoms with van der Waals surface area (Å²) in [6, 6.07) is 9.58. The normalized spacial score (nSPS) is 10.7. The molecule has 4 nitrogen and oxygen atoms in total. The van der Waals surface area contributed by atoms with Gasteiger partial charge in [-0.2, -0.15) is 0 Å². The van der Waals surface area contributed by atoms with Crippen LogP contribution in [0.15, 0.2) is 36.4 Å². The van der Waals surface area contributed by atoms with Crippen molar-refractivity contribution in [2.75, 3.05) is 5.73 Å². The van der Waals surface area contributed by atoms with Crippen molar-refractivity contribution in [3.05, 3.63) is 53.3 Å². The van der Waals surface area contributed by atoms with E-state index in [9.17, 15) is 9.18 Å². The van der Waals surface area contributed by atoms with Crippen LogP contribution in [0.4, 0.5) is 10.1 Å². The van der Waals surface area contributed by atoms with Gasteiger partial charge in [0.2, 0.25) is 0 Å². The van der Waals surface area contributed by atoms with Crippen LogP contribution in [0.2, 0.25) is 0 Å². The molecule has 0 heterocycles. The van der Waals surface area contributed by atoms with Gasteiger partial charge in [-0.3, -0.25) is 4.79 Å². The van der Waals surface area contributed by atoms with Gasteiger partial charge in [0.1, 0.15) is 5.75 Å². The minimum absolute atomic E-state index is 0.0109. The molecule has 0 aromatic heterocycles. The second-order valence-corrected chi connectivity index (χ2v) is 5.06. The third kappa shape index (κ3) is 3.31. The van der Waals surface area contributed by atoms with Crippen molar-refractivity contribution in [1.82, 2.24) is 0 Å². The predicted octanol–water partition coefficient (Wildman–Crippen LogP) is 3.42. The molecule has 2 rings (SSSR count). The molecule has 0 fully saturated rings. The second kappa shape index (κ2) is 5.83. The third-order valence-electron chi connectivity index (χ3n) is 3.12. The standard InChI is InChI=1S/C16H17FN2O2/c1-9(2)10-4-3-5-11(6-10)21-15-7-12(16(19)20)14(18)8-13(15)17/h3-9H,18H2,1-2H3,(H2,19,20). The van der Waals surface area contributed by atoms with Crippen molar-refractivity contribution >= 4 is 11.6 Å². The molecular weight excluding hydrogens is 271 g/mol. The zero-order valence-electron chi connectivity index (χ0n) is 11.9. The SMILES string of the molecule is CC(C)c1cccc(Oc2cc(C(N)=O)c(N)cc2F)c1. The van der Waals surface area contributed by atoms with Crippen molar-refractivity contribution in [2.24, 2.45) is 5.73 Å². The minimum Gasteiger partial charge on any atom is -0.454 e. The molecule has 110 valence electrons. The highest BCUT2D eigenvalue weighted by atomic mass is 19.1. The van der Waals surface area contributed by atoms with Crippen LogP contribution in [-0.2, 0) is 0 Å². The van der Waals surface area contributed by atoms with E-state index in [1.165, 1.54) is 6.07 Å². The Balaban J connectivity index is 2.37. The number of anilines is 1. The largest absolute Gasteiger partial charge is 0.454 e. The lowest BCUT2D eigenvalue weighted by Crippen LogP contribution is -2.14. The van der Waals surface area contributed by atoms with Gasteiger partial charge in [-0.1, -0.05) is 26.0 Å². The van der Waals surface area contributed by atoms with Crippen molar-refractivity contribution < 1.29 is 13.9 Å². The molecule has 0 saturated carbocycles. The second-order valence-electron chi connectivity index (χ2n) is 5.06. The minimum atomic E-state index is -0.728. The van der Waals surface area contributed by atoms with Gasteiger partial charge in [-0.15, -0.1) is 0 Å². The maximum atomic E-state index is 13.9. The molecule has 0 aliphatic heterocycles. The molecule has 0 spiro atoms. The number of ether oxygens (including phenoxy) is 1. The van der Waals surface area contributed by atoms with Gasteiger partial charge in [0.15, 0.2) is 11.6 Å². The summed E-state index contributed by atoms with van der Waals surface area (Å²) < 4.78 is 19.4. The maximum Gasteiger partial charge on any atom is 0.250 e. The summed E-state index contributed by atoms with van der Waals surface area (Å²) in [6.07, 6.45) is 0. The van der Waals surface area contributed by atoms with Gasteiger partial charge in [0.25, 0.3) is 5.91 Å². The maximum absolute atomic E-state index is 13.9. The van der Waals surface area contributed by atoms with Crippen LogP contribution in [0.3, 0.4) is 0 Å². The first-order valence-corrected chi connectivity index (χ1v) is 6.55. The highest BCUT2D eigenvalue weighted by molar-refractivity contribution is 5.98. The van der Waals surface area contributed by atoms with Gasteiger partial charge in [-0.05, 0) is 29.7 Å². The van der Waals surface area contributed by atoms with E-state index < -0.39 is 11.7 Å². The van der Waals surface area contributed by atoms with E-state index in [0.29, 0.717) is 11.7 Å². The molecule has 1 amide bonds. The number of nitrogen functional groups attached to an aromatic ring is 1. The molecular formula is C16H17FN2O2. The first-order chi connectivity index (χ1) is 9.88. The Bertz CT molecular complexity index is 684. The van der Waals surface area contributed by atoms with Crippen LogP contribution in [-0.4, -0.2) is 5.91 Å². The molecule has 0 aliphatic rings. The number of carbonyl (C=O) groups excluding carboxylic acids is 1. The first kappa shape index (κ1) is 14.8. The molecule has 2 aromatic carbocycles. The molecule has 0 aliphatic carbocycles. The fourth-order valence-corrected chi connectivity index (χ4v) is 1.92. The van der Waals surface area contributed by atoms with Crippen LogP contribution >= 0.6 is 0 Å². The summed E-state index contributed by atoms with van der Waals surface area (Å²) in [5, 5.41) is 0. The molecule has 0 saturated heterocycles. The summed E-state index contributed by atoms with van der Waals surface area (Å²) in [6.45, 7) is 4.10. The number of rotatable bonds is 4. The summed E-state index contributed by atoms with van der Waals surface area (Å²) in [5.74, 6) is -0.647. The van der Waals surface area contributed by atoms with Crippen molar-refractivity contribution in [3.63, 3.8) is 0 Å². The van der Waals surface area contributed by atoms with Gasteiger partial charge in [-0.25, -0.2) is 4.39 Å². The number of primary amides is 1. The predicted molar refractivity (Wildman–Crippen MR) is 79.9 cm³/mol. The van der Waals surface area contributed by atoms with Crippen LogP contribution in [0.25, 0.3) is 0 Å². The summed E-state index contributed by atoms with van der Waals surface area (Å²) in [4.78, 5) is 11.2. The van der Waals surface area contributed by atoms with Crippen LogP contribution in [0.1, 0.15) is 35.7 Å². The van der Waals surface area contributed by atoms with E-state index in [0.717, 1.165) is 11.6 Å². The van der Waals surface area contributed by atoms with E-state index in [2.05, 4.69) is 0 Å². The van der Waals surface area contributed by atoms with Gasteiger partial charge in [0.05, 0.1) is 5.56 Å². The molecule has 0 bridgehead atoms.